The fourth-order valence-corrected chi connectivity index (χ4v) is 3.83. The molecule has 1 aliphatic heterocycles. The number of aromatic nitrogens is 2. The number of H-pyrrole nitrogens is 1. The van der Waals surface area contributed by atoms with Crippen LogP contribution in [-0.4, -0.2) is 22.4 Å². The Morgan fingerprint density at radius 2 is 1.87 bits per heavy atom. The summed E-state index contributed by atoms with van der Waals surface area (Å²) < 4.78 is 0. The van der Waals surface area contributed by atoms with Gasteiger partial charge >= 0.3 is 0 Å². The van der Waals surface area contributed by atoms with Crippen LogP contribution in [0, 0.1) is 20.8 Å². The molecule has 4 rings (SSSR count). The highest BCUT2D eigenvalue weighted by atomic mass is 16.2. The summed E-state index contributed by atoms with van der Waals surface area (Å²) in [7, 11) is 0. The van der Waals surface area contributed by atoms with Crippen molar-refractivity contribution in [3.8, 4) is 0 Å². The van der Waals surface area contributed by atoms with Crippen LogP contribution in [0.1, 0.15) is 40.3 Å². The SMILES string of the molecule is Cc1ccc(CNc2nc(C3CC(=O)N(c4cccc(C)c4C)C3)cc(=O)[nH]2)cc1. The maximum Gasteiger partial charge on any atom is 0.252 e. The van der Waals surface area contributed by atoms with E-state index in [0.29, 0.717) is 31.2 Å². The summed E-state index contributed by atoms with van der Waals surface area (Å²) in [6.45, 7) is 7.21. The number of aryl methyl sites for hydroxylation is 2. The average molecular weight is 402 g/mol. The quantitative estimate of drug-likeness (QED) is 0.680. The van der Waals surface area contributed by atoms with Gasteiger partial charge < -0.3 is 10.2 Å². The minimum atomic E-state index is -0.218. The molecule has 6 nitrogen and oxygen atoms in total. The molecular weight excluding hydrogens is 376 g/mol. The van der Waals surface area contributed by atoms with Crippen molar-refractivity contribution < 1.29 is 4.79 Å². The van der Waals surface area contributed by atoms with Crippen molar-refractivity contribution in [2.24, 2.45) is 0 Å². The largest absolute Gasteiger partial charge is 0.352 e. The first-order valence-corrected chi connectivity index (χ1v) is 10.2. The lowest BCUT2D eigenvalue weighted by atomic mass is 10.0. The maximum absolute atomic E-state index is 12.7. The van der Waals surface area contributed by atoms with Crippen LogP contribution < -0.4 is 15.8 Å². The van der Waals surface area contributed by atoms with E-state index in [1.54, 1.807) is 0 Å². The zero-order valence-corrected chi connectivity index (χ0v) is 17.5. The summed E-state index contributed by atoms with van der Waals surface area (Å²) >= 11 is 0. The standard InChI is InChI=1S/C24H26N4O2/c1-15-7-9-18(10-8-15)13-25-24-26-20(12-22(29)27-24)19-11-23(30)28(14-19)21-6-4-5-16(2)17(21)3/h4-10,12,19H,11,13-14H2,1-3H3,(H2,25,26,27,29). The van der Waals surface area contributed by atoms with Gasteiger partial charge in [-0.1, -0.05) is 42.0 Å². The van der Waals surface area contributed by atoms with E-state index in [1.807, 2.05) is 56.0 Å². The number of nitrogens with zero attached hydrogens (tertiary/aromatic N) is 2. The predicted molar refractivity (Wildman–Crippen MR) is 119 cm³/mol. The summed E-state index contributed by atoms with van der Waals surface area (Å²) in [5, 5.41) is 3.19. The number of hydrogen-bond donors (Lipinski definition) is 2. The van der Waals surface area contributed by atoms with Gasteiger partial charge in [-0.25, -0.2) is 4.98 Å². The molecule has 1 aliphatic rings. The monoisotopic (exact) mass is 402 g/mol. The van der Waals surface area contributed by atoms with Crippen LogP contribution in [0.5, 0.6) is 0 Å². The first-order valence-electron chi connectivity index (χ1n) is 10.2. The van der Waals surface area contributed by atoms with E-state index in [-0.39, 0.29) is 17.4 Å². The highest BCUT2D eigenvalue weighted by Gasteiger charge is 2.33. The van der Waals surface area contributed by atoms with Crippen LogP contribution in [0.3, 0.4) is 0 Å². The summed E-state index contributed by atoms with van der Waals surface area (Å²) in [5.74, 6) is 0.375. The smallest absolute Gasteiger partial charge is 0.252 e. The normalized spacial score (nSPS) is 16.2. The molecule has 1 unspecified atom stereocenters. The number of carbonyl (C=O) groups excluding carboxylic acids is 1. The van der Waals surface area contributed by atoms with Gasteiger partial charge in [0.05, 0.1) is 5.69 Å². The molecule has 2 N–H and O–H groups in total. The minimum Gasteiger partial charge on any atom is -0.352 e. The van der Waals surface area contributed by atoms with Crippen LogP contribution in [-0.2, 0) is 11.3 Å². The van der Waals surface area contributed by atoms with Crippen molar-refractivity contribution in [3.63, 3.8) is 0 Å². The molecule has 2 heterocycles. The van der Waals surface area contributed by atoms with Gasteiger partial charge in [-0.3, -0.25) is 14.6 Å². The number of anilines is 2. The number of carbonyl (C=O) groups is 1. The Hall–Kier alpha value is -3.41. The number of amides is 1. The second-order valence-electron chi connectivity index (χ2n) is 7.98. The van der Waals surface area contributed by atoms with Crippen LogP contribution in [0.4, 0.5) is 11.6 Å². The fraction of sp³-hybridized carbons (Fsp3) is 0.292. The Balaban J connectivity index is 1.53. The third kappa shape index (κ3) is 4.13. The van der Waals surface area contributed by atoms with E-state index in [4.69, 9.17) is 0 Å². The molecule has 1 aromatic heterocycles. The molecule has 2 aromatic carbocycles. The van der Waals surface area contributed by atoms with Gasteiger partial charge in [0.2, 0.25) is 11.9 Å². The van der Waals surface area contributed by atoms with E-state index < -0.39 is 0 Å². The van der Waals surface area contributed by atoms with Gasteiger partial charge in [0, 0.05) is 37.2 Å². The molecule has 0 radical (unpaired) electrons. The minimum absolute atomic E-state index is 0.0601. The van der Waals surface area contributed by atoms with Gasteiger partial charge in [0.25, 0.3) is 5.56 Å². The lowest BCUT2D eigenvalue weighted by Crippen LogP contribution is -2.25. The molecule has 3 aromatic rings. The second kappa shape index (κ2) is 8.14. The van der Waals surface area contributed by atoms with Crippen LogP contribution >= 0.6 is 0 Å². The topological polar surface area (TPSA) is 78.1 Å². The maximum atomic E-state index is 12.7. The summed E-state index contributed by atoms with van der Waals surface area (Å²) in [6.07, 6.45) is 0.348. The lowest BCUT2D eigenvalue weighted by Gasteiger charge is -2.20. The molecule has 1 saturated heterocycles. The fourth-order valence-electron chi connectivity index (χ4n) is 3.83. The third-order valence-electron chi connectivity index (χ3n) is 5.75. The van der Waals surface area contributed by atoms with E-state index in [9.17, 15) is 9.59 Å². The molecule has 154 valence electrons. The Kier molecular flexibility index (Phi) is 5.40. The van der Waals surface area contributed by atoms with E-state index in [0.717, 1.165) is 22.4 Å². The van der Waals surface area contributed by atoms with E-state index in [1.165, 1.54) is 11.6 Å². The first kappa shape index (κ1) is 19.9. The van der Waals surface area contributed by atoms with E-state index in [2.05, 4.69) is 27.4 Å². The highest BCUT2D eigenvalue weighted by molar-refractivity contribution is 5.97. The molecule has 0 aliphatic carbocycles. The molecule has 6 heteroatoms. The number of rotatable bonds is 5. The number of hydrogen-bond acceptors (Lipinski definition) is 4. The summed E-state index contributed by atoms with van der Waals surface area (Å²) in [6, 6.07) is 15.7. The highest BCUT2D eigenvalue weighted by Crippen LogP contribution is 2.33. The zero-order chi connectivity index (χ0) is 21.3. The molecule has 0 bridgehead atoms. The van der Waals surface area contributed by atoms with Gasteiger partial charge in [-0.15, -0.1) is 0 Å². The molecular formula is C24H26N4O2. The number of nitrogens with one attached hydrogen (secondary N) is 2. The summed E-state index contributed by atoms with van der Waals surface area (Å²) in [5.41, 5.74) is 5.92. The Bertz CT molecular complexity index is 1130. The first-order chi connectivity index (χ1) is 14.4. The van der Waals surface area contributed by atoms with Crippen molar-refractivity contribution >= 4 is 17.5 Å². The van der Waals surface area contributed by atoms with Crippen molar-refractivity contribution in [1.82, 2.24) is 9.97 Å². The molecule has 1 fully saturated rings. The third-order valence-corrected chi connectivity index (χ3v) is 5.75. The second-order valence-corrected chi connectivity index (χ2v) is 7.98. The van der Waals surface area contributed by atoms with Gasteiger partial charge in [-0.2, -0.15) is 0 Å². The van der Waals surface area contributed by atoms with Crippen LogP contribution in [0.2, 0.25) is 0 Å². The van der Waals surface area contributed by atoms with Gasteiger partial charge in [0.15, 0.2) is 0 Å². The molecule has 30 heavy (non-hydrogen) atoms. The molecule has 1 atom stereocenters. The molecule has 1 amide bonds. The summed E-state index contributed by atoms with van der Waals surface area (Å²) in [4.78, 5) is 34.1. The van der Waals surface area contributed by atoms with Gasteiger partial charge in [-0.05, 0) is 43.5 Å². The Labute approximate surface area is 176 Å². The molecule has 0 spiro atoms. The predicted octanol–water partition coefficient (Wildman–Crippen LogP) is 3.83. The van der Waals surface area contributed by atoms with Crippen molar-refractivity contribution in [2.45, 2.75) is 39.7 Å². The Morgan fingerprint density at radius 1 is 1.10 bits per heavy atom. The van der Waals surface area contributed by atoms with Crippen LogP contribution in [0.15, 0.2) is 53.3 Å². The van der Waals surface area contributed by atoms with Crippen LogP contribution in [0.25, 0.3) is 0 Å². The average Bonchev–Trinajstić information content (AvgIpc) is 3.11. The lowest BCUT2D eigenvalue weighted by molar-refractivity contribution is -0.117. The zero-order valence-electron chi connectivity index (χ0n) is 17.5. The Morgan fingerprint density at radius 3 is 2.63 bits per heavy atom. The van der Waals surface area contributed by atoms with Crippen molar-refractivity contribution in [1.29, 1.82) is 0 Å². The van der Waals surface area contributed by atoms with Crippen molar-refractivity contribution in [3.05, 3.63) is 86.8 Å². The number of benzene rings is 2. The van der Waals surface area contributed by atoms with E-state index >= 15 is 0 Å². The molecule has 0 saturated carbocycles. The van der Waals surface area contributed by atoms with Gasteiger partial charge in [0.1, 0.15) is 0 Å². The number of aromatic amines is 1. The van der Waals surface area contributed by atoms with Crippen molar-refractivity contribution in [2.75, 3.05) is 16.8 Å².